The van der Waals surface area contributed by atoms with Gasteiger partial charge in [-0.05, 0) is 12.5 Å². The van der Waals surface area contributed by atoms with Gasteiger partial charge in [0.05, 0.1) is 19.7 Å². The highest BCUT2D eigenvalue weighted by molar-refractivity contribution is 6.01. The van der Waals surface area contributed by atoms with Crippen LogP contribution in [0.25, 0.3) is 0 Å². The molecule has 1 aliphatic rings. The minimum atomic E-state index is -2.15. The van der Waals surface area contributed by atoms with Crippen molar-refractivity contribution in [2.75, 3.05) is 26.2 Å². The van der Waals surface area contributed by atoms with Crippen molar-refractivity contribution in [2.45, 2.75) is 31.7 Å². The maximum absolute atomic E-state index is 13.9. The molecule has 1 aromatic carbocycles. The summed E-state index contributed by atoms with van der Waals surface area (Å²) in [5.74, 6) is -4.90. The molecule has 0 aliphatic carbocycles. The van der Waals surface area contributed by atoms with Gasteiger partial charge in [-0.1, -0.05) is 30.3 Å². The van der Waals surface area contributed by atoms with Crippen LogP contribution in [-0.4, -0.2) is 96.3 Å². The van der Waals surface area contributed by atoms with Crippen LogP contribution in [0.1, 0.15) is 12.5 Å². The first-order valence-electron chi connectivity index (χ1n) is 11.3. The summed E-state index contributed by atoms with van der Waals surface area (Å²) in [5, 5.41) is 19.0. The maximum Gasteiger partial charge on any atom is 0.405 e. The second kappa shape index (κ2) is 14.1. The molecule has 6 N–H and O–H groups in total. The third-order valence-electron chi connectivity index (χ3n) is 5.01. The van der Waals surface area contributed by atoms with Gasteiger partial charge >= 0.3 is 18.1 Å². The zero-order chi connectivity index (χ0) is 28.2. The Hall–Kier alpha value is -4.76. The minimum Gasteiger partial charge on any atom is -0.465 e. The van der Waals surface area contributed by atoms with Gasteiger partial charge in [0.2, 0.25) is 23.9 Å². The van der Waals surface area contributed by atoms with E-state index in [4.69, 9.17) is 9.84 Å². The van der Waals surface area contributed by atoms with E-state index < -0.39 is 79.7 Å². The lowest BCUT2D eigenvalue weighted by atomic mass is 10.1. The molecule has 1 aliphatic heterocycles. The number of amides is 7. The summed E-state index contributed by atoms with van der Waals surface area (Å²) < 4.78 is 18.7. The van der Waals surface area contributed by atoms with Crippen molar-refractivity contribution in [1.29, 1.82) is 0 Å². The number of urea groups is 1. The normalized spacial score (nSPS) is 16.4. The lowest BCUT2D eigenvalue weighted by Gasteiger charge is -2.34. The van der Waals surface area contributed by atoms with Crippen LogP contribution in [0.2, 0.25) is 0 Å². The Morgan fingerprint density at radius 1 is 1.08 bits per heavy atom. The third kappa shape index (κ3) is 9.03. The SMILES string of the molecule is CCOC(=O)[C@@H](NC(=O)CNC(=O)[C@H](Cc1ccccc1)NC(=O)CNC(=O)O)N1CC(F)C(=O)NC1=O. The number of carbonyl (C=O) groups excluding carboxylic acids is 6. The van der Waals surface area contributed by atoms with Gasteiger partial charge in [-0.25, -0.2) is 18.8 Å². The zero-order valence-electron chi connectivity index (χ0n) is 20.2. The first kappa shape index (κ1) is 29.5. The van der Waals surface area contributed by atoms with E-state index >= 15 is 0 Å². The monoisotopic (exact) mass is 538 g/mol. The maximum atomic E-state index is 13.9. The number of nitrogens with one attached hydrogen (secondary N) is 5. The highest BCUT2D eigenvalue weighted by atomic mass is 19.1. The summed E-state index contributed by atoms with van der Waals surface area (Å²) in [6.45, 7) is -0.840. The van der Waals surface area contributed by atoms with E-state index in [0.29, 0.717) is 10.5 Å². The fourth-order valence-electron chi connectivity index (χ4n) is 3.26. The van der Waals surface area contributed by atoms with Crippen LogP contribution in [-0.2, 0) is 35.1 Å². The number of benzene rings is 1. The Balaban J connectivity index is 2.06. The molecule has 15 nitrogen and oxygen atoms in total. The van der Waals surface area contributed by atoms with E-state index in [1.807, 2.05) is 5.32 Å². The first-order chi connectivity index (χ1) is 18.0. The number of imide groups is 1. The molecule has 38 heavy (non-hydrogen) atoms. The van der Waals surface area contributed by atoms with E-state index in [-0.39, 0.29) is 13.0 Å². The van der Waals surface area contributed by atoms with Crippen molar-refractivity contribution in [2.24, 2.45) is 0 Å². The highest BCUT2D eigenvalue weighted by Crippen LogP contribution is 2.10. The second-order valence-electron chi connectivity index (χ2n) is 7.82. The highest BCUT2D eigenvalue weighted by Gasteiger charge is 2.40. The number of ether oxygens (including phenoxy) is 1. The molecular weight excluding hydrogens is 511 g/mol. The van der Waals surface area contributed by atoms with Gasteiger partial charge in [-0.3, -0.25) is 29.4 Å². The Morgan fingerprint density at radius 3 is 2.34 bits per heavy atom. The fourth-order valence-corrected chi connectivity index (χ4v) is 3.26. The number of carbonyl (C=O) groups is 7. The van der Waals surface area contributed by atoms with Gasteiger partial charge in [0.1, 0.15) is 12.6 Å². The van der Waals surface area contributed by atoms with Crippen molar-refractivity contribution < 1.29 is 47.8 Å². The molecule has 1 heterocycles. The number of carboxylic acid groups (broad SMARTS) is 1. The van der Waals surface area contributed by atoms with E-state index in [1.165, 1.54) is 6.92 Å². The molecule has 1 fully saturated rings. The number of nitrogens with zero attached hydrogens (tertiary/aromatic N) is 1. The largest absolute Gasteiger partial charge is 0.465 e. The molecule has 0 spiro atoms. The fraction of sp³-hybridized carbons (Fsp3) is 0.409. The van der Waals surface area contributed by atoms with Gasteiger partial charge in [0, 0.05) is 6.42 Å². The van der Waals surface area contributed by atoms with Gasteiger partial charge < -0.3 is 31.1 Å². The van der Waals surface area contributed by atoms with E-state index in [0.717, 1.165) is 0 Å². The molecule has 0 saturated carbocycles. The summed E-state index contributed by atoms with van der Waals surface area (Å²) in [6.07, 6.45) is -5.40. The Morgan fingerprint density at radius 2 is 1.71 bits per heavy atom. The molecule has 16 heteroatoms. The molecule has 0 radical (unpaired) electrons. The van der Waals surface area contributed by atoms with Crippen molar-refractivity contribution in [1.82, 2.24) is 31.5 Å². The Bertz CT molecular complexity index is 1070. The van der Waals surface area contributed by atoms with Crippen LogP contribution >= 0.6 is 0 Å². The second-order valence-corrected chi connectivity index (χ2v) is 7.82. The van der Waals surface area contributed by atoms with Crippen LogP contribution in [0, 0.1) is 0 Å². The number of rotatable bonds is 12. The van der Waals surface area contributed by atoms with Gasteiger partial charge in [0.15, 0.2) is 6.17 Å². The van der Waals surface area contributed by atoms with E-state index in [2.05, 4.69) is 16.0 Å². The van der Waals surface area contributed by atoms with Crippen molar-refractivity contribution in [3.05, 3.63) is 35.9 Å². The minimum absolute atomic E-state index is 0.00157. The molecular formula is C22H27FN6O9. The zero-order valence-corrected chi connectivity index (χ0v) is 20.2. The van der Waals surface area contributed by atoms with Crippen LogP contribution in [0.5, 0.6) is 0 Å². The van der Waals surface area contributed by atoms with Crippen LogP contribution < -0.4 is 26.6 Å². The molecule has 2 rings (SSSR count). The molecule has 0 aromatic heterocycles. The van der Waals surface area contributed by atoms with Gasteiger partial charge in [-0.2, -0.15) is 0 Å². The number of esters is 1. The topological polar surface area (TPSA) is 212 Å². The average molecular weight is 538 g/mol. The molecule has 3 atom stereocenters. The molecule has 1 saturated heterocycles. The lowest BCUT2D eigenvalue weighted by molar-refractivity contribution is -0.153. The smallest absolute Gasteiger partial charge is 0.405 e. The number of hydrogen-bond donors (Lipinski definition) is 6. The van der Waals surface area contributed by atoms with Gasteiger partial charge in [0.25, 0.3) is 5.91 Å². The first-order valence-corrected chi connectivity index (χ1v) is 11.3. The third-order valence-corrected chi connectivity index (χ3v) is 5.01. The summed E-state index contributed by atoms with van der Waals surface area (Å²) >= 11 is 0. The average Bonchev–Trinajstić information content (AvgIpc) is 2.87. The molecule has 206 valence electrons. The Labute approximate surface area is 215 Å². The van der Waals surface area contributed by atoms with Gasteiger partial charge in [-0.15, -0.1) is 0 Å². The lowest BCUT2D eigenvalue weighted by Crippen LogP contribution is -2.65. The van der Waals surface area contributed by atoms with Crippen molar-refractivity contribution in [3.8, 4) is 0 Å². The van der Waals surface area contributed by atoms with Crippen LogP contribution in [0.3, 0.4) is 0 Å². The summed E-state index contributed by atoms with van der Waals surface area (Å²) in [7, 11) is 0. The molecule has 1 unspecified atom stereocenters. The quantitative estimate of drug-likeness (QED) is 0.162. The number of hydrogen-bond acceptors (Lipinski definition) is 8. The predicted octanol–water partition coefficient (Wildman–Crippen LogP) is -2.01. The van der Waals surface area contributed by atoms with Crippen LogP contribution in [0.4, 0.5) is 14.0 Å². The number of alkyl halides is 1. The van der Waals surface area contributed by atoms with Crippen molar-refractivity contribution in [3.63, 3.8) is 0 Å². The van der Waals surface area contributed by atoms with Crippen LogP contribution in [0.15, 0.2) is 30.3 Å². The summed E-state index contributed by atoms with van der Waals surface area (Å²) in [6, 6.07) is 6.17. The molecule has 1 aromatic rings. The van der Waals surface area contributed by atoms with E-state index in [9.17, 15) is 38.0 Å². The van der Waals surface area contributed by atoms with E-state index in [1.54, 1.807) is 35.6 Å². The Kier molecular flexibility index (Phi) is 10.9. The molecule has 0 bridgehead atoms. The molecule has 7 amide bonds. The number of halogens is 1. The van der Waals surface area contributed by atoms with Crippen molar-refractivity contribution >= 4 is 41.7 Å². The standard InChI is InChI=1S/C22H27FN6O9/c1-2-38-20(34)17(29-11-13(23)18(32)28-21(29)35)27-16(31)9-24-19(33)14(8-12-6-4-3-5-7-12)26-15(30)10-25-22(36)37/h3-7,13-14,17,25H,2,8-11H2,1H3,(H,24,33)(H,26,30)(H,27,31)(H,36,37)(H,28,32,35)/t13?,14-,17-/m0/s1. The summed E-state index contributed by atoms with van der Waals surface area (Å²) in [5.41, 5.74) is 0.650. The summed E-state index contributed by atoms with van der Waals surface area (Å²) in [4.78, 5) is 84.4. The predicted molar refractivity (Wildman–Crippen MR) is 125 cm³/mol.